The largest absolute Gasteiger partial charge is 0.383 e. The maximum atomic E-state index is 13.6. The number of carbonyl (C=O) groups is 1. The van der Waals surface area contributed by atoms with Crippen LogP contribution in [0.15, 0.2) is 21.7 Å². The molecule has 2 aromatic heterocycles. The number of nitrogens with one attached hydrogen (secondary N) is 1. The van der Waals surface area contributed by atoms with Crippen LogP contribution in [0, 0.1) is 11.8 Å². The highest BCUT2D eigenvalue weighted by atomic mass is 35.5. The van der Waals surface area contributed by atoms with Crippen LogP contribution in [0.5, 0.6) is 0 Å². The number of aromatic nitrogens is 4. The molecular formula is C22H32ClN7O3. The molecule has 3 N–H and O–H groups in total. The average Bonchev–Trinajstić information content (AvgIpc) is 2.79. The summed E-state index contributed by atoms with van der Waals surface area (Å²) in [5.41, 5.74) is 5.18. The number of hydrogen-bond acceptors (Lipinski definition) is 7. The van der Waals surface area contributed by atoms with Crippen molar-refractivity contribution in [3.63, 3.8) is 0 Å². The third-order valence-corrected chi connectivity index (χ3v) is 6.02. The number of nitrogen functional groups attached to an aromatic ring is 1. The van der Waals surface area contributed by atoms with Crippen molar-refractivity contribution in [3.8, 4) is 0 Å². The average molecular weight is 478 g/mol. The van der Waals surface area contributed by atoms with Gasteiger partial charge >= 0.3 is 5.69 Å². The standard InChI is InChI=1S/C22H32ClN7O3/c1-4-5-10-29(18-19(24)30(13-14(2)3)22(33)25-20(18)31)21(32)15-8-11-28(12-9-15)17-7-6-16(23)26-27-17/h6-7,14-15H,4-5,8-13,24H2,1-3H3,(H,25,31,33). The maximum Gasteiger partial charge on any atom is 0.330 e. The van der Waals surface area contributed by atoms with Gasteiger partial charge in [0, 0.05) is 32.1 Å². The number of aromatic amines is 1. The Bertz CT molecular complexity index is 1070. The Kier molecular flexibility index (Phi) is 8.12. The van der Waals surface area contributed by atoms with Gasteiger partial charge in [-0.05, 0) is 37.3 Å². The van der Waals surface area contributed by atoms with Gasteiger partial charge in [-0.2, -0.15) is 0 Å². The molecule has 0 saturated carbocycles. The Labute approximate surface area is 197 Å². The van der Waals surface area contributed by atoms with Gasteiger partial charge in [-0.25, -0.2) is 4.79 Å². The highest BCUT2D eigenvalue weighted by Crippen LogP contribution is 2.27. The number of nitrogens with zero attached hydrogens (tertiary/aromatic N) is 5. The quantitative estimate of drug-likeness (QED) is 0.596. The summed E-state index contributed by atoms with van der Waals surface area (Å²) in [5.74, 6) is 0.495. The number of carbonyl (C=O) groups excluding carboxylic acids is 1. The molecule has 1 saturated heterocycles. The third kappa shape index (κ3) is 5.73. The summed E-state index contributed by atoms with van der Waals surface area (Å²) in [4.78, 5) is 44.6. The number of anilines is 3. The van der Waals surface area contributed by atoms with Crippen LogP contribution in [0.1, 0.15) is 46.5 Å². The lowest BCUT2D eigenvalue weighted by Gasteiger charge is -2.34. The first-order valence-electron chi connectivity index (χ1n) is 11.4. The summed E-state index contributed by atoms with van der Waals surface area (Å²) < 4.78 is 1.34. The number of amides is 1. The number of rotatable bonds is 8. The molecule has 180 valence electrons. The van der Waals surface area contributed by atoms with E-state index in [9.17, 15) is 14.4 Å². The molecule has 1 amide bonds. The van der Waals surface area contributed by atoms with E-state index < -0.39 is 11.2 Å². The minimum Gasteiger partial charge on any atom is -0.383 e. The monoisotopic (exact) mass is 477 g/mol. The second-order valence-electron chi connectivity index (χ2n) is 8.82. The fourth-order valence-corrected chi connectivity index (χ4v) is 4.19. The first kappa shape index (κ1) is 24.8. The minimum atomic E-state index is -0.629. The number of nitrogens with two attached hydrogens (primary N) is 1. The van der Waals surface area contributed by atoms with Gasteiger partial charge in [-0.1, -0.05) is 38.8 Å². The van der Waals surface area contributed by atoms with Crippen molar-refractivity contribution in [1.29, 1.82) is 0 Å². The molecule has 1 aliphatic rings. The zero-order valence-electron chi connectivity index (χ0n) is 19.4. The molecule has 10 nitrogen and oxygen atoms in total. The van der Waals surface area contributed by atoms with Crippen molar-refractivity contribution in [2.75, 3.05) is 35.2 Å². The lowest BCUT2D eigenvalue weighted by molar-refractivity contribution is -0.123. The fraction of sp³-hybridized carbons (Fsp3) is 0.591. The summed E-state index contributed by atoms with van der Waals surface area (Å²) in [6.07, 6.45) is 2.78. The molecule has 0 spiro atoms. The van der Waals surface area contributed by atoms with Gasteiger partial charge in [0.25, 0.3) is 5.56 Å². The highest BCUT2D eigenvalue weighted by Gasteiger charge is 2.32. The highest BCUT2D eigenvalue weighted by molar-refractivity contribution is 6.29. The molecule has 0 radical (unpaired) electrons. The predicted molar refractivity (Wildman–Crippen MR) is 130 cm³/mol. The molecule has 0 atom stereocenters. The van der Waals surface area contributed by atoms with Gasteiger partial charge in [0.15, 0.2) is 16.7 Å². The topological polar surface area (TPSA) is 130 Å². The van der Waals surface area contributed by atoms with Gasteiger partial charge in [-0.3, -0.25) is 19.1 Å². The number of hydrogen-bond donors (Lipinski definition) is 2. The van der Waals surface area contributed by atoms with Crippen molar-refractivity contribution in [2.45, 2.75) is 53.0 Å². The molecule has 0 aliphatic carbocycles. The summed E-state index contributed by atoms with van der Waals surface area (Å²) in [5, 5.41) is 8.33. The Balaban J connectivity index is 1.85. The van der Waals surface area contributed by atoms with Crippen LogP contribution in [0.3, 0.4) is 0 Å². The zero-order valence-corrected chi connectivity index (χ0v) is 20.1. The van der Waals surface area contributed by atoms with E-state index in [-0.39, 0.29) is 29.2 Å². The maximum absolute atomic E-state index is 13.6. The SMILES string of the molecule is CCCCN(C(=O)C1CCN(c2ccc(Cl)nn2)CC1)c1c(N)n(CC(C)C)c(=O)[nH]c1=O. The van der Waals surface area contributed by atoms with Gasteiger partial charge in [0.1, 0.15) is 5.82 Å². The Hall–Kier alpha value is -2.88. The van der Waals surface area contributed by atoms with E-state index in [4.69, 9.17) is 17.3 Å². The fourth-order valence-electron chi connectivity index (χ4n) is 4.09. The first-order valence-corrected chi connectivity index (χ1v) is 11.8. The van der Waals surface area contributed by atoms with Gasteiger partial charge in [0.2, 0.25) is 5.91 Å². The number of piperidine rings is 1. The van der Waals surface area contributed by atoms with E-state index in [1.165, 1.54) is 9.47 Å². The van der Waals surface area contributed by atoms with E-state index in [1.54, 1.807) is 6.07 Å². The molecule has 11 heteroatoms. The Morgan fingerprint density at radius 3 is 2.55 bits per heavy atom. The molecular weight excluding hydrogens is 446 g/mol. The van der Waals surface area contributed by atoms with E-state index in [0.717, 1.165) is 12.2 Å². The van der Waals surface area contributed by atoms with Crippen molar-refractivity contribution < 1.29 is 4.79 Å². The molecule has 3 heterocycles. The lowest BCUT2D eigenvalue weighted by atomic mass is 9.95. The van der Waals surface area contributed by atoms with Crippen LogP contribution in [0.2, 0.25) is 5.15 Å². The van der Waals surface area contributed by atoms with Crippen LogP contribution < -0.4 is 26.8 Å². The van der Waals surface area contributed by atoms with Crippen LogP contribution in [-0.2, 0) is 11.3 Å². The first-order chi connectivity index (χ1) is 15.7. The lowest BCUT2D eigenvalue weighted by Crippen LogP contribution is -2.46. The van der Waals surface area contributed by atoms with Gasteiger partial charge in [-0.15, -0.1) is 10.2 Å². The molecule has 0 aromatic carbocycles. The molecule has 1 fully saturated rings. The normalized spacial score (nSPS) is 14.6. The van der Waals surface area contributed by atoms with Crippen molar-refractivity contribution in [3.05, 3.63) is 38.1 Å². The summed E-state index contributed by atoms with van der Waals surface area (Å²) in [6.45, 7) is 7.91. The Morgan fingerprint density at radius 2 is 1.97 bits per heavy atom. The van der Waals surface area contributed by atoms with Gasteiger partial charge < -0.3 is 15.5 Å². The van der Waals surface area contributed by atoms with Crippen molar-refractivity contribution in [1.82, 2.24) is 19.7 Å². The molecule has 0 bridgehead atoms. The zero-order chi connectivity index (χ0) is 24.1. The van der Waals surface area contributed by atoms with Crippen LogP contribution >= 0.6 is 11.6 Å². The van der Waals surface area contributed by atoms with Gasteiger partial charge in [0.05, 0.1) is 0 Å². The molecule has 0 unspecified atom stereocenters. The summed E-state index contributed by atoms with van der Waals surface area (Å²) >= 11 is 5.82. The summed E-state index contributed by atoms with van der Waals surface area (Å²) in [6, 6.07) is 3.50. The minimum absolute atomic E-state index is 0.0378. The smallest absolute Gasteiger partial charge is 0.330 e. The summed E-state index contributed by atoms with van der Waals surface area (Å²) in [7, 11) is 0. The van der Waals surface area contributed by atoms with E-state index in [2.05, 4.69) is 20.1 Å². The van der Waals surface area contributed by atoms with E-state index in [0.29, 0.717) is 50.6 Å². The molecule has 33 heavy (non-hydrogen) atoms. The molecule has 3 rings (SSSR count). The van der Waals surface area contributed by atoms with Crippen LogP contribution in [-0.4, -0.2) is 45.3 Å². The van der Waals surface area contributed by atoms with Crippen molar-refractivity contribution in [2.24, 2.45) is 11.8 Å². The molecule has 2 aromatic rings. The second kappa shape index (κ2) is 10.8. The van der Waals surface area contributed by atoms with Crippen LogP contribution in [0.25, 0.3) is 0 Å². The predicted octanol–water partition coefficient (Wildman–Crippen LogP) is 2.27. The van der Waals surface area contributed by atoms with E-state index >= 15 is 0 Å². The molecule has 1 aliphatic heterocycles. The van der Waals surface area contributed by atoms with Crippen molar-refractivity contribution >= 4 is 34.8 Å². The second-order valence-corrected chi connectivity index (χ2v) is 9.20. The van der Waals surface area contributed by atoms with E-state index in [1.807, 2.05) is 26.8 Å². The number of unbranched alkanes of at least 4 members (excludes halogenated alkanes) is 1. The number of H-pyrrole nitrogens is 1. The number of halogens is 1. The Morgan fingerprint density at radius 1 is 1.27 bits per heavy atom. The third-order valence-electron chi connectivity index (χ3n) is 5.82. The van der Waals surface area contributed by atoms with Crippen LogP contribution in [0.4, 0.5) is 17.3 Å².